The second kappa shape index (κ2) is 9.30. The predicted octanol–water partition coefficient (Wildman–Crippen LogP) is 3.87. The van der Waals surface area contributed by atoms with Gasteiger partial charge in [0, 0.05) is 37.1 Å². The van der Waals surface area contributed by atoms with Crippen molar-refractivity contribution in [1.29, 1.82) is 0 Å². The molecule has 0 spiro atoms. The van der Waals surface area contributed by atoms with Crippen molar-refractivity contribution in [3.63, 3.8) is 0 Å². The van der Waals surface area contributed by atoms with Crippen molar-refractivity contribution in [2.75, 3.05) is 39.7 Å². The molecule has 28 heavy (non-hydrogen) atoms. The number of rotatable bonds is 6. The van der Waals surface area contributed by atoms with E-state index in [1.165, 1.54) is 12.8 Å². The Kier molecular flexibility index (Phi) is 6.57. The number of amides is 1. The highest BCUT2D eigenvalue weighted by molar-refractivity contribution is 5.94. The Morgan fingerprint density at radius 2 is 1.61 bits per heavy atom. The number of ether oxygens (including phenoxy) is 3. The summed E-state index contributed by atoms with van der Waals surface area (Å²) in [6.45, 7) is 1.65. The monoisotopic (exact) mass is 385 g/mol. The van der Waals surface area contributed by atoms with Gasteiger partial charge in [-0.3, -0.25) is 4.79 Å². The van der Waals surface area contributed by atoms with Crippen LogP contribution in [0.4, 0.5) is 11.5 Å². The first kappa shape index (κ1) is 19.8. The smallest absolute Gasteiger partial charge is 0.255 e. The second-order valence-electron chi connectivity index (χ2n) is 6.68. The average molecular weight is 385 g/mol. The molecule has 0 saturated carbocycles. The maximum absolute atomic E-state index is 12.7. The third kappa shape index (κ3) is 4.47. The van der Waals surface area contributed by atoms with E-state index in [2.05, 4.69) is 10.3 Å². The zero-order valence-electron chi connectivity index (χ0n) is 16.7. The van der Waals surface area contributed by atoms with Crippen LogP contribution in [0, 0.1) is 0 Å². The number of likely N-dealkylation sites (tertiary alicyclic amines) is 1. The lowest BCUT2D eigenvalue weighted by atomic mass is 10.2. The Balaban J connectivity index is 1.74. The molecule has 3 rings (SSSR count). The van der Waals surface area contributed by atoms with Gasteiger partial charge in [0.2, 0.25) is 5.75 Å². The number of hydrogen-bond acceptors (Lipinski definition) is 6. The number of pyridine rings is 1. The molecule has 1 aliphatic heterocycles. The number of carbonyl (C=O) groups is 1. The Labute approximate surface area is 165 Å². The molecule has 1 amide bonds. The molecule has 0 atom stereocenters. The van der Waals surface area contributed by atoms with Crippen molar-refractivity contribution >= 4 is 17.4 Å². The van der Waals surface area contributed by atoms with E-state index >= 15 is 0 Å². The van der Waals surface area contributed by atoms with Crippen LogP contribution in [0.2, 0.25) is 0 Å². The van der Waals surface area contributed by atoms with Gasteiger partial charge in [-0.2, -0.15) is 0 Å². The maximum Gasteiger partial charge on any atom is 0.255 e. The lowest BCUT2D eigenvalue weighted by molar-refractivity contribution is 0.0761. The molecular formula is C21H27N3O4. The van der Waals surface area contributed by atoms with Crippen LogP contribution in [0.5, 0.6) is 17.2 Å². The minimum Gasteiger partial charge on any atom is -0.493 e. The van der Waals surface area contributed by atoms with E-state index in [1.807, 2.05) is 4.90 Å². The quantitative estimate of drug-likeness (QED) is 0.814. The lowest BCUT2D eigenvalue weighted by Crippen LogP contribution is -2.31. The molecule has 1 aromatic carbocycles. The molecule has 1 fully saturated rings. The van der Waals surface area contributed by atoms with Crippen molar-refractivity contribution in [3.8, 4) is 17.2 Å². The Bertz CT molecular complexity index is 775. The van der Waals surface area contributed by atoms with Crippen LogP contribution in [0.15, 0.2) is 30.5 Å². The van der Waals surface area contributed by atoms with Crippen LogP contribution in [-0.4, -0.2) is 50.2 Å². The molecule has 1 N–H and O–H groups in total. The summed E-state index contributed by atoms with van der Waals surface area (Å²) < 4.78 is 16.1. The number of aromatic nitrogens is 1. The summed E-state index contributed by atoms with van der Waals surface area (Å²) in [5, 5.41) is 3.21. The highest BCUT2D eigenvalue weighted by Gasteiger charge is 2.18. The van der Waals surface area contributed by atoms with Crippen molar-refractivity contribution in [2.45, 2.75) is 25.7 Å². The van der Waals surface area contributed by atoms with Gasteiger partial charge in [0.15, 0.2) is 11.5 Å². The fourth-order valence-corrected chi connectivity index (χ4v) is 3.35. The third-order valence-corrected chi connectivity index (χ3v) is 4.84. The third-order valence-electron chi connectivity index (χ3n) is 4.84. The van der Waals surface area contributed by atoms with Crippen LogP contribution >= 0.6 is 0 Å². The van der Waals surface area contributed by atoms with Gasteiger partial charge in [0.25, 0.3) is 5.91 Å². The summed E-state index contributed by atoms with van der Waals surface area (Å²) in [5.41, 5.74) is 1.35. The standard InChI is InChI=1S/C21H27N3O4/c1-26-17-12-16(13-18(27-2)20(17)28-3)23-19-9-8-15(14-22-19)21(25)24-10-6-4-5-7-11-24/h8-9,12-14H,4-7,10-11H2,1-3H3,(H,22,23). The first-order valence-corrected chi connectivity index (χ1v) is 9.48. The molecule has 150 valence electrons. The average Bonchev–Trinajstić information content (AvgIpc) is 3.02. The minimum absolute atomic E-state index is 0.0498. The van der Waals surface area contributed by atoms with E-state index < -0.39 is 0 Å². The van der Waals surface area contributed by atoms with Gasteiger partial charge in [-0.15, -0.1) is 0 Å². The van der Waals surface area contributed by atoms with Gasteiger partial charge < -0.3 is 24.4 Å². The van der Waals surface area contributed by atoms with Crippen LogP contribution in [-0.2, 0) is 0 Å². The largest absolute Gasteiger partial charge is 0.493 e. The summed E-state index contributed by atoms with van der Waals surface area (Å²) in [7, 11) is 4.71. The molecule has 2 aromatic rings. The fraction of sp³-hybridized carbons (Fsp3) is 0.429. The number of carbonyl (C=O) groups excluding carboxylic acids is 1. The summed E-state index contributed by atoms with van der Waals surface area (Å²) in [5.74, 6) is 2.31. The zero-order chi connectivity index (χ0) is 19.9. The highest BCUT2D eigenvalue weighted by Crippen LogP contribution is 2.40. The molecule has 1 aliphatic rings. The topological polar surface area (TPSA) is 72.9 Å². The SMILES string of the molecule is COc1cc(Nc2ccc(C(=O)N3CCCCCC3)cn2)cc(OC)c1OC. The van der Waals surface area contributed by atoms with Crippen LogP contribution in [0.3, 0.4) is 0 Å². The van der Waals surface area contributed by atoms with E-state index in [0.29, 0.717) is 28.6 Å². The van der Waals surface area contributed by atoms with Crippen LogP contribution in [0.1, 0.15) is 36.0 Å². The van der Waals surface area contributed by atoms with E-state index in [9.17, 15) is 4.79 Å². The van der Waals surface area contributed by atoms with Crippen LogP contribution in [0.25, 0.3) is 0 Å². The van der Waals surface area contributed by atoms with E-state index in [1.54, 1.807) is 51.8 Å². The number of methoxy groups -OCH3 is 3. The normalized spacial score (nSPS) is 14.2. The molecule has 0 radical (unpaired) electrons. The molecule has 7 heteroatoms. The first-order chi connectivity index (χ1) is 13.7. The fourth-order valence-electron chi connectivity index (χ4n) is 3.35. The number of benzene rings is 1. The molecule has 1 aromatic heterocycles. The van der Waals surface area contributed by atoms with Crippen molar-refractivity contribution in [2.24, 2.45) is 0 Å². The Morgan fingerprint density at radius 1 is 0.964 bits per heavy atom. The van der Waals surface area contributed by atoms with Gasteiger partial charge in [0.1, 0.15) is 5.82 Å². The Morgan fingerprint density at radius 3 is 2.11 bits per heavy atom. The second-order valence-corrected chi connectivity index (χ2v) is 6.68. The molecule has 0 aliphatic carbocycles. The molecule has 0 bridgehead atoms. The van der Waals surface area contributed by atoms with E-state index in [-0.39, 0.29) is 5.91 Å². The molecule has 1 saturated heterocycles. The maximum atomic E-state index is 12.7. The van der Waals surface area contributed by atoms with Gasteiger partial charge in [-0.05, 0) is 25.0 Å². The zero-order valence-corrected chi connectivity index (χ0v) is 16.7. The summed E-state index contributed by atoms with van der Waals surface area (Å²) >= 11 is 0. The van der Waals surface area contributed by atoms with Crippen molar-refractivity contribution in [1.82, 2.24) is 9.88 Å². The molecule has 2 heterocycles. The van der Waals surface area contributed by atoms with Gasteiger partial charge in [-0.25, -0.2) is 4.98 Å². The highest BCUT2D eigenvalue weighted by atomic mass is 16.5. The number of nitrogens with zero attached hydrogens (tertiary/aromatic N) is 2. The van der Waals surface area contributed by atoms with Gasteiger partial charge in [0.05, 0.1) is 26.9 Å². The van der Waals surface area contributed by atoms with Crippen molar-refractivity contribution < 1.29 is 19.0 Å². The minimum atomic E-state index is 0.0498. The van der Waals surface area contributed by atoms with Crippen molar-refractivity contribution in [3.05, 3.63) is 36.0 Å². The van der Waals surface area contributed by atoms with E-state index in [0.717, 1.165) is 31.6 Å². The van der Waals surface area contributed by atoms with E-state index in [4.69, 9.17) is 14.2 Å². The molecule has 7 nitrogen and oxygen atoms in total. The number of hydrogen-bond donors (Lipinski definition) is 1. The predicted molar refractivity (Wildman–Crippen MR) is 108 cm³/mol. The summed E-state index contributed by atoms with van der Waals surface area (Å²) in [4.78, 5) is 19.0. The van der Waals surface area contributed by atoms with Gasteiger partial charge in [-0.1, -0.05) is 12.8 Å². The summed E-state index contributed by atoms with van der Waals surface area (Å²) in [6, 6.07) is 7.22. The number of nitrogens with one attached hydrogen (secondary N) is 1. The first-order valence-electron chi connectivity index (χ1n) is 9.48. The lowest BCUT2D eigenvalue weighted by Gasteiger charge is -2.20. The summed E-state index contributed by atoms with van der Waals surface area (Å²) in [6.07, 6.45) is 6.15. The Hall–Kier alpha value is -2.96. The van der Waals surface area contributed by atoms with Crippen LogP contribution < -0.4 is 19.5 Å². The molecule has 0 unspecified atom stereocenters. The number of anilines is 2. The molecular weight excluding hydrogens is 358 g/mol. The van der Waals surface area contributed by atoms with Gasteiger partial charge >= 0.3 is 0 Å².